The van der Waals surface area contributed by atoms with Crippen molar-refractivity contribution in [2.45, 2.75) is 32.8 Å². The summed E-state index contributed by atoms with van der Waals surface area (Å²) in [6.07, 6.45) is 1.81. The molecule has 0 atom stereocenters. The topological polar surface area (TPSA) is 81.5 Å². The van der Waals surface area contributed by atoms with E-state index in [2.05, 4.69) is 5.32 Å². The lowest BCUT2D eigenvalue weighted by molar-refractivity contribution is -0.384. The van der Waals surface area contributed by atoms with E-state index in [0.717, 1.165) is 18.6 Å². The van der Waals surface area contributed by atoms with Gasteiger partial charge in [0, 0.05) is 24.2 Å². The monoisotopic (exact) mass is 342 g/mol. The van der Waals surface area contributed by atoms with Crippen molar-refractivity contribution in [2.75, 3.05) is 6.54 Å². The third-order valence-corrected chi connectivity index (χ3v) is 3.56. The lowest BCUT2D eigenvalue weighted by Crippen LogP contribution is -2.24. The number of hydrogen-bond acceptors (Lipinski definition) is 4. The molecule has 1 amide bonds. The van der Waals surface area contributed by atoms with Crippen LogP contribution in [0.2, 0.25) is 0 Å². The zero-order chi connectivity index (χ0) is 18.2. The van der Waals surface area contributed by atoms with Gasteiger partial charge in [-0.05, 0) is 56.5 Å². The van der Waals surface area contributed by atoms with E-state index in [4.69, 9.17) is 4.74 Å². The highest BCUT2D eigenvalue weighted by Gasteiger charge is 2.08. The summed E-state index contributed by atoms with van der Waals surface area (Å²) < 4.78 is 5.60. The maximum absolute atomic E-state index is 12.0. The van der Waals surface area contributed by atoms with Crippen LogP contribution in [-0.2, 0) is 6.42 Å². The highest BCUT2D eigenvalue weighted by atomic mass is 16.6. The van der Waals surface area contributed by atoms with Crippen molar-refractivity contribution >= 4 is 11.6 Å². The summed E-state index contributed by atoms with van der Waals surface area (Å²) in [5.41, 5.74) is 1.57. The molecule has 0 aromatic heterocycles. The summed E-state index contributed by atoms with van der Waals surface area (Å²) in [4.78, 5) is 22.1. The minimum Gasteiger partial charge on any atom is -0.491 e. The molecule has 0 spiro atoms. The molecule has 2 aromatic rings. The van der Waals surface area contributed by atoms with Crippen LogP contribution >= 0.6 is 0 Å². The Bertz CT molecular complexity index is 709. The van der Waals surface area contributed by atoms with Crippen LogP contribution in [0, 0.1) is 10.1 Å². The minimum atomic E-state index is -0.487. The number of hydrogen-bond donors (Lipinski definition) is 1. The summed E-state index contributed by atoms with van der Waals surface area (Å²) in [6.45, 7) is 4.52. The third-order valence-electron chi connectivity index (χ3n) is 3.56. The first-order valence-corrected chi connectivity index (χ1v) is 8.24. The van der Waals surface area contributed by atoms with E-state index in [1.807, 2.05) is 38.1 Å². The van der Waals surface area contributed by atoms with Crippen LogP contribution in [0.5, 0.6) is 5.75 Å². The van der Waals surface area contributed by atoms with Gasteiger partial charge in [0.25, 0.3) is 11.6 Å². The predicted octanol–water partition coefficient (Wildman–Crippen LogP) is 3.74. The number of non-ortho nitro benzene ring substituents is 1. The SMILES string of the molecule is CC(C)Oc1ccc(CCCNC(=O)c2ccc([N+](=O)[O-])cc2)cc1. The Morgan fingerprint density at radius 1 is 1.12 bits per heavy atom. The number of carbonyl (C=O) groups is 1. The fraction of sp³-hybridized carbons (Fsp3) is 0.316. The summed E-state index contributed by atoms with van der Waals surface area (Å²) in [5, 5.41) is 13.4. The summed E-state index contributed by atoms with van der Waals surface area (Å²) in [6, 6.07) is 13.5. The fourth-order valence-corrected chi connectivity index (χ4v) is 2.34. The fourth-order valence-electron chi connectivity index (χ4n) is 2.34. The molecule has 2 rings (SSSR count). The molecule has 0 aliphatic heterocycles. The molecule has 0 aliphatic carbocycles. The van der Waals surface area contributed by atoms with Crippen LogP contribution in [0.4, 0.5) is 5.69 Å². The van der Waals surface area contributed by atoms with Crippen molar-refractivity contribution in [3.05, 3.63) is 69.8 Å². The Kier molecular flexibility index (Phi) is 6.51. The van der Waals surface area contributed by atoms with Gasteiger partial charge >= 0.3 is 0 Å². The van der Waals surface area contributed by atoms with Gasteiger partial charge in [-0.25, -0.2) is 0 Å². The van der Waals surface area contributed by atoms with Gasteiger partial charge in [-0.1, -0.05) is 12.1 Å². The smallest absolute Gasteiger partial charge is 0.269 e. The van der Waals surface area contributed by atoms with E-state index in [1.165, 1.54) is 29.8 Å². The van der Waals surface area contributed by atoms with Crippen molar-refractivity contribution in [3.63, 3.8) is 0 Å². The Morgan fingerprint density at radius 3 is 2.32 bits per heavy atom. The second kappa shape index (κ2) is 8.82. The first kappa shape index (κ1) is 18.4. The molecule has 25 heavy (non-hydrogen) atoms. The number of carbonyl (C=O) groups excluding carboxylic acids is 1. The summed E-state index contributed by atoms with van der Waals surface area (Å²) >= 11 is 0. The molecule has 6 heteroatoms. The molecule has 0 fully saturated rings. The van der Waals surface area contributed by atoms with E-state index in [0.29, 0.717) is 12.1 Å². The predicted molar refractivity (Wildman–Crippen MR) is 96.0 cm³/mol. The van der Waals surface area contributed by atoms with Crippen molar-refractivity contribution in [3.8, 4) is 5.75 Å². The Morgan fingerprint density at radius 2 is 1.76 bits per heavy atom. The normalized spacial score (nSPS) is 10.5. The molecule has 0 unspecified atom stereocenters. The Hall–Kier alpha value is -2.89. The van der Waals surface area contributed by atoms with Crippen molar-refractivity contribution in [1.82, 2.24) is 5.32 Å². The Labute approximate surface area is 147 Å². The second-order valence-corrected chi connectivity index (χ2v) is 5.97. The van der Waals surface area contributed by atoms with Crippen LogP contribution in [0.15, 0.2) is 48.5 Å². The first-order chi connectivity index (χ1) is 12.0. The largest absolute Gasteiger partial charge is 0.491 e. The highest BCUT2D eigenvalue weighted by molar-refractivity contribution is 5.94. The minimum absolute atomic E-state index is 0.0264. The van der Waals surface area contributed by atoms with Crippen LogP contribution in [0.1, 0.15) is 36.2 Å². The maximum atomic E-state index is 12.0. The number of nitrogens with one attached hydrogen (secondary N) is 1. The lowest BCUT2D eigenvalue weighted by atomic mass is 10.1. The van der Waals surface area contributed by atoms with Gasteiger partial charge in [0.15, 0.2) is 0 Å². The average molecular weight is 342 g/mol. The van der Waals surface area contributed by atoms with Crippen molar-refractivity contribution in [2.24, 2.45) is 0 Å². The van der Waals surface area contributed by atoms with Gasteiger partial charge in [0.2, 0.25) is 0 Å². The lowest BCUT2D eigenvalue weighted by Gasteiger charge is -2.10. The van der Waals surface area contributed by atoms with E-state index in [-0.39, 0.29) is 17.7 Å². The van der Waals surface area contributed by atoms with Gasteiger partial charge in [-0.3, -0.25) is 14.9 Å². The van der Waals surface area contributed by atoms with E-state index in [9.17, 15) is 14.9 Å². The zero-order valence-corrected chi connectivity index (χ0v) is 14.4. The standard InChI is InChI=1S/C19H22N2O4/c1-14(2)25-18-11-5-15(6-12-18)4-3-13-20-19(22)16-7-9-17(10-8-16)21(23)24/h5-12,14H,3-4,13H2,1-2H3,(H,20,22). The molecule has 0 saturated carbocycles. The van der Waals surface area contributed by atoms with Crippen LogP contribution in [-0.4, -0.2) is 23.5 Å². The first-order valence-electron chi connectivity index (χ1n) is 8.24. The molecule has 0 aliphatic rings. The average Bonchev–Trinajstić information content (AvgIpc) is 2.59. The quantitative estimate of drug-likeness (QED) is 0.450. The third kappa shape index (κ3) is 5.91. The number of aryl methyl sites for hydroxylation is 1. The molecule has 0 saturated heterocycles. The number of rotatable bonds is 8. The number of nitro groups is 1. The molecule has 0 bridgehead atoms. The van der Waals surface area contributed by atoms with Gasteiger partial charge in [0.05, 0.1) is 11.0 Å². The molecule has 0 radical (unpaired) electrons. The molecular weight excluding hydrogens is 320 g/mol. The van der Waals surface area contributed by atoms with Gasteiger partial charge in [-0.15, -0.1) is 0 Å². The molecule has 0 heterocycles. The molecule has 132 valence electrons. The van der Waals surface area contributed by atoms with E-state index in [1.54, 1.807) is 0 Å². The van der Waals surface area contributed by atoms with Crippen LogP contribution in [0.3, 0.4) is 0 Å². The molecule has 2 aromatic carbocycles. The molecule has 6 nitrogen and oxygen atoms in total. The number of ether oxygens (including phenoxy) is 1. The van der Waals surface area contributed by atoms with Crippen LogP contribution in [0.25, 0.3) is 0 Å². The number of amides is 1. The molecule has 1 N–H and O–H groups in total. The van der Waals surface area contributed by atoms with E-state index < -0.39 is 4.92 Å². The van der Waals surface area contributed by atoms with Gasteiger partial charge in [-0.2, -0.15) is 0 Å². The number of nitrogens with zero attached hydrogens (tertiary/aromatic N) is 1. The number of benzene rings is 2. The Balaban J connectivity index is 1.75. The zero-order valence-electron chi connectivity index (χ0n) is 14.4. The summed E-state index contributed by atoms with van der Waals surface area (Å²) in [7, 11) is 0. The highest BCUT2D eigenvalue weighted by Crippen LogP contribution is 2.15. The maximum Gasteiger partial charge on any atom is 0.269 e. The van der Waals surface area contributed by atoms with Crippen molar-refractivity contribution in [1.29, 1.82) is 0 Å². The van der Waals surface area contributed by atoms with E-state index >= 15 is 0 Å². The van der Waals surface area contributed by atoms with Gasteiger partial charge < -0.3 is 10.1 Å². The number of nitro benzene ring substituents is 1. The summed E-state index contributed by atoms with van der Waals surface area (Å²) in [5.74, 6) is 0.626. The second-order valence-electron chi connectivity index (χ2n) is 5.97. The van der Waals surface area contributed by atoms with Crippen molar-refractivity contribution < 1.29 is 14.5 Å². The molecular formula is C19H22N2O4. The van der Waals surface area contributed by atoms with Gasteiger partial charge in [0.1, 0.15) is 5.75 Å². The van der Waals surface area contributed by atoms with Crippen LogP contribution < -0.4 is 10.1 Å².